The van der Waals surface area contributed by atoms with E-state index in [0.717, 1.165) is 41.8 Å². The zero-order chi connectivity index (χ0) is 18.4. The molecule has 1 aromatic carbocycles. The number of β-amino-alcohol motifs (C(OH)–C–C–N with tert-alkyl or cyclic N) is 1. The first kappa shape index (κ1) is 16.8. The fourth-order valence-corrected chi connectivity index (χ4v) is 4.05. The summed E-state index contributed by atoms with van der Waals surface area (Å²) in [7, 11) is 0. The van der Waals surface area contributed by atoms with Gasteiger partial charge in [0.2, 0.25) is 5.91 Å². The maximum Gasteiger partial charge on any atom is 0.275 e. The van der Waals surface area contributed by atoms with Gasteiger partial charge in [0.1, 0.15) is 6.04 Å². The van der Waals surface area contributed by atoms with Crippen LogP contribution in [0.2, 0.25) is 0 Å². The molecular weight excluding hydrogens is 332 g/mol. The molecule has 1 fully saturated rings. The topological polar surface area (TPSA) is 101 Å². The molecule has 3 N–H and O–H groups in total. The second kappa shape index (κ2) is 6.25. The molecule has 1 aromatic heterocycles. The number of benzene rings is 1. The standard InChI is InChI=1S/C19H22N4O3/c1-11-5-2-3-7-14(11)23-15-8-4-6-13(15)17(21-23)19(26)22-10-12(24)9-16(22)18(20)25/h2-3,5,7,12,16,24H,4,6,8-10H2,1H3,(H2,20,25). The minimum Gasteiger partial charge on any atom is -0.391 e. The maximum atomic E-state index is 13.1. The van der Waals surface area contributed by atoms with Crippen molar-refractivity contribution in [3.8, 4) is 5.69 Å². The highest BCUT2D eigenvalue weighted by Gasteiger charge is 2.40. The van der Waals surface area contributed by atoms with Crippen molar-refractivity contribution >= 4 is 11.8 Å². The molecule has 2 unspecified atom stereocenters. The Bertz CT molecular complexity index is 889. The number of aliphatic hydroxyl groups is 1. The van der Waals surface area contributed by atoms with Crippen molar-refractivity contribution in [2.24, 2.45) is 5.73 Å². The first-order valence-electron chi connectivity index (χ1n) is 8.92. The molecule has 26 heavy (non-hydrogen) atoms. The van der Waals surface area contributed by atoms with Gasteiger partial charge in [0.05, 0.1) is 11.8 Å². The molecule has 1 saturated heterocycles. The molecule has 7 heteroatoms. The van der Waals surface area contributed by atoms with Gasteiger partial charge in [-0.3, -0.25) is 9.59 Å². The van der Waals surface area contributed by atoms with Crippen molar-refractivity contribution in [3.05, 3.63) is 46.8 Å². The van der Waals surface area contributed by atoms with Crippen molar-refractivity contribution in [1.82, 2.24) is 14.7 Å². The smallest absolute Gasteiger partial charge is 0.275 e. The number of para-hydroxylation sites is 1. The third kappa shape index (κ3) is 2.59. The van der Waals surface area contributed by atoms with Crippen LogP contribution in [-0.2, 0) is 17.6 Å². The summed E-state index contributed by atoms with van der Waals surface area (Å²) >= 11 is 0. The molecule has 4 rings (SSSR count). The molecule has 1 aliphatic heterocycles. The average Bonchev–Trinajstić information content (AvgIpc) is 3.29. The molecule has 2 atom stereocenters. The van der Waals surface area contributed by atoms with Crippen molar-refractivity contribution in [2.45, 2.75) is 44.8 Å². The predicted molar refractivity (Wildman–Crippen MR) is 95.0 cm³/mol. The number of likely N-dealkylation sites (tertiary alicyclic amines) is 1. The monoisotopic (exact) mass is 354 g/mol. The van der Waals surface area contributed by atoms with Gasteiger partial charge in [-0.2, -0.15) is 5.10 Å². The summed E-state index contributed by atoms with van der Waals surface area (Å²) in [4.78, 5) is 26.2. The molecule has 0 saturated carbocycles. The maximum absolute atomic E-state index is 13.1. The summed E-state index contributed by atoms with van der Waals surface area (Å²) < 4.78 is 1.86. The number of aryl methyl sites for hydroxylation is 1. The zero-order valence-corrected chi connectivity index (χ0v) is 14.7. The van der Waals surface area contributed by atoms with Crippen molar-refractivity contribution in [3.63, 3.8) is 0 Å². The quantitative estimate of drug-likeness (QED) is 0.848. The van der Waals surface area contributed by atoms with Gasteiger partial charge in [0.25, 0.3) is 5.91 Å². The number of nitrogens with zero attached hydrogens (tertiary/aromatic N) is 3. The Morgan fingerprint density at radius 2 is 2.04 bits per heavy atom. The number of carbonyl (C=O) groups excluding carboxylic acids is 2. The lowest BCUT2D eigenvalue weighted by atomic mass is 10.1. The minimum absolute atomic E-state index is 0.110. The van der Waals surface area contributed by atoms with Gasteiger partial charge < -0.3 is 15.7 Å². The molecule has 1 aliphatic carbocycles. The second-order valence-electron chi connectivity index (χ2n) is 7.09. The van der Waals surface area contributed by atoms with E-state index in [1.54, 1.807) is 0 Å². The second-order valence-corrected chi connectivity index (χ2v) is 7.09. The molecule has 2 aromatic rings. The van der Waals surface area contributed by atoms with Crippen LogP contribution in [0, 0.1) is 6.92 Å². The number of primary amides is 1. The number of rotatable bonds is 3. The number of aliphatic hydroxyl groups excluding tert-OH is 1. The Kier molecular flexibility index (Phi) is 4.03. The van der Waals surface area contributed by atoms with Crippen LogP contribution >= 0.6 is 0 Å². The molecule has 2 heterocycles. The number of carbonyl (C=O) groups is 2. The van der Waals surface area contributed by atoms with Crippen molar-refractivity contribution in [1.29, 1.82) is 0 Å². The van der Waals surface area contributed by atoms with Gasteiger partial charge in [-0.15, -0.1) is 0 Å². The molecule has 0 radical (unpaired) electrons. The van der Waals surface area contributed by atoms with Crippen LogP contribution in [0.25, 0.3) is 5.69 Å². The van der Waals surface area contributed by atoms with Crippen molar-refractivity contribution < 1.29 is 14.7 Å². The lowest BCUT2D eigenvalue weighted by Crippen LogP contribution is -2.44. The summed E-state index contributed by atoms with van der Waals surface area (Å²) in [5, 5.41) is 14.5. The Morgan fingerprint density at radius 3 is 2.77 bits per heavy atom. The van der Waals surface area contributed by atoms with E-state index in [2.05, 4.69) is 5.10 Å². The Morgan fingerprint density at radius 1 is 1.27 bits per heavy atom. The zero-order valence-electron chi connectivity index (χ0n) is 14.7. The highest BCUT2D eigenvalue weighted by Crippen LogP contribution is 2.31. The highest BCUT2D eigenvalue weighted by atomic mass is 16.3. The Balaban J connectivity index is 1.76. The molecule has 0 spiro atoms. The van der Waals surface area contributed by atoms with Crippen LogP contribution in [0.1, 0.15) is 40.2 Å². The normalized spacial score (nSPS) is 21.8. The molecule has 2 amide bonds. The number of nitrogens with two attached hydrogens (primary N) is 1. The van der Waals surface area contributed by atoms with Gasteiger partial charge in [-0.05, 0) is 37.8 Å². The van der Waals surface area contributed by atoms with Crippen LogP contribution in [-0.4, -0.2) is 50.3 Å². The predicted octanol–water partition coefficient (Wildman–Crippen LogP) is 0.730. The van der Waals surface area contributed by atoms with E-state index in [-0.39, 0.29) is 18.9 Å². The molecule has 7 nitrogen and oxygen atoms in total. The largest absolute Gasteiger partial charge is 0.391 e. The van der Waals surface area contributed by atoms with Gasteiger partial charge in [0, 0.05) is 24.2 Å². The van der Waals surface area contributed by atoms with Crippen molar-refractivity contribution in [2.75, 3.05) is 6.54 Å². The summed E-state index contributed by atoms with van der Waals surface area (Å²) in [6, 6.07) is 7.14. The first-order chi connectivity index (χ1) is 12.5. The van der Waals surface area contributed by atoms with E-state index < -0.39 is 18.1 Å². The minimum atomic E-state index is -0.779. The summed E-state index contributed by atoms with van der Waals surface area (Å²) in [6.07, 6.45) is 2.08. The van der Waals surface area contributed by atoms with Crippen LogP contribution in [0.3, 0.4) is 0 Å². The fourth-order valence-electron chi connectivity index (χ4n) is 4.05. The number of hydrogen-bond acceptors (Lipinski definition) is 4. The third-order valence-corrected chi connectivity index (χ3v) is 5.34. The van der Waals surface area contributed by atoms with E-state index >= 15 is 0 Å². The summed E-state index contributed by atoms with van der Waals surface area (Å²) in [6.45, 7) is 2.12. The van der Waals surface area contributed by atoms with E-state index in [0.29, 0.717) is 5.69 Å². The van der Waals surface area contributed by atoms with Crippen LogP contribution in [0.5, 0.6) is 0 Å². The van der Waals surface area contributed by atoms with E-state index in [1.165, 1.54) is 4.90 Å². The van der Waals surface area contributed by atoms with Gasteiger partial charge in [-0.25, -0.2) is 4.68 Å². The summed E-state index contributed by atoms with van der Waals surface area (Å²) in [5.74, 6) is -0.916. The van der Waals surface area contributed by atoms with Crippen LogP contribution < -0.4 is 5.73 Å². The Hall–Kier alpha value is -2.67. The molecule has 2 aliphatic rings. The molecule has 0 bridgehead atoms. The highest BCUT2D eigenvalue weighted by molar-refractivity contribution is 5.98. The third-order valence-electron chi connectivity index (χ3n) is 5.34. The van der Waals surface area contributed by atoms with Gasteiger partial charge in [0.15, 0.2) is 5.69 Å². The number of hydrogen-bond donors (Lipinski definition) is 2. The Labute approximate surface area is 151 Å². The van der Waals surface area contributed by atoms with Gasteiger partial charge in [-0.1, -0.05) is 18.2 Å². The summed E-state index contributed by atoms with van der Waals surface area (Å²) in [5.41, 5.74) is 9.84. The number of fused-ring (bicyclic) bond motifs is 1. The lowest BCUT2D eigenvalue weighted by Gasteiger charge is -2.21. The molecule has 136 valence electrons. The fraction of sp³-hybridized carbons (Fsp3) is 0.421. The lowest BCUT2D eigenvalue weighted by molar-refractivity contribution is -0.121. The van der Waals surface area contributed by atoms with E-state index in [1.807, 2.05) is 35.9 Å². The van der Waals surface area contributed by atoms with E-state index in [4.69, 9.17) is 5.73 Å². The van der Waals surface area contributed by atoms with Crippen LogP contribution in [0.4, 0.5) is 0 Å². The molecular formula is C19H22N4O3. The number of aromatic nitrogens is 2. The number of amides is 2. The van der Waals surface area contributed by atoms with E-state index in [9.17, 15) is 14.7 Å². The SMILES string of the molecule is Cc1ccccc1-n1nc(C(=O)N2CC(O)CC2C(N)=O)c2c1CCC2. The van der Waals surface area contributed by atoms with Gasteiger partial charge >= 0.3 is 0 Å². The van der Waals surface area contributed by atoms with Crippen LogP contribution in [0.15, 0.2) is 24.3 Å². The first-order valence-corrected chi connectivity index (χ1v) is 8.92. The average molecular weight is 354 g/mol.